The van der Waals surface area contributed by atoms with Gasteiger partial charge in [0.25, 0.3) is 0 Å². The summed E-state index contributed by atoms with van der Waals surface area (Å²) in [7, 11) is 0. The summed E-state index contributed by atoms with van der Waals surface area (Å²) in [5.41, 5.74) is 8.06. The minimum atomic E-state index is -0.481. The van der Waals surface area contributed by atoms with Crippen LogP contribution in [0.3, 0.4) is 0 Å². The van der Waals surface area contributed by atoms with Gasteiger partial charge in [0.05, 0.1) is 12.2 Å². The summed E-state index contributed by atoms with van der Waals surface area (Å²) in [6, 6.07) is 24.1. The van der Waals surface area contributed by atoms with Crippen LogP contribution in [-0.4, -0.2) is 17.5 Å². The van der Waals surface area contributed by atoms with Gasteiger partial charge in [-0.05, 0) is 24.1 Å². The first kappa shape index (κ1) is 20.1. The van der Waals surface area contributed by atoms with Crippen LogP contribution in [0.15, 0.2) is 79.0 Å². The molecule has 140 valence electrons. The van der Waals surface area contributed by atoms with E-state index in [1.165, 1.54) is 17.3 Å². The van der Waals surface area contributed by atoms with E-state index in [1.807, 2.05) is 19.1 Å². The predicted octanol–water partition coefficient (Wildman–Crippen LogP) is 3.56. The molecule has 0 aliphatic rings. The fourth-order valence-corrected chi connectivity index (χ4v) is 2.30. The molecule has 5 nitrogen and oxygen atoms in total. The van der Waals surface area contributed by atoms with Crippen LogP contribution in [0.1, 0.15) is 28.4 Å². The molecule has 1 aromatic heterocycles. The Labute approximate surface area is 160 Å². The zero-order chi connectivity index (χ0) is 19.3. The van der Waals surface area contributed by atoms with Crippen LogP contribution in [0.2, 0.25) is 0 Å². The molecule has 27 heavy (non-hydrogen) atoms. The highest BCUT2D eigenvalue weighted by Gasteiger charge is 2.00. The Kier molecular flexibility index (Phi) is 8.53. The Hall–Kier alpha value is -3.18. The molecule has 1 heterocycles. The highest BCUT2D eigenvalue weighted by atomic mass is 16.5. The fraction of sp³-hybridized carbons (Fsp3) is 0.182. The Bertz CT molecular complexity index is 751. The molecular weight excluding hydrogens is 338 g/mol. The monoisotopic (exact) mass is 363 g/mol. The van der Waals surface area contributed by atoms with Crippen molar-refractivity contribution in [1.82, 2.24) is 10.3 Å². The maximum absolute atomic E-state index is 10.6. The molecule has 3 N–H and O–H groups in total. The number of rotatable bonds is 7. The Morgan fingerprint density at radius 1 is 0.926 bits per heavy atom. The summed E-state index contributed by atoms with van der Waals surface area (Å²) < 4.78 is 5.08. The van der Waals surface area contributed by atoms with Crippen LogP contribution in [-0.2, 0) is 13.1 Å². The summed E-state index contributed by atoms with van der Waals surface area (Å²) in [5, 5.41) is 3.42. The van der Waals surface area contributed by atoms with Crippen molar-refractivity contribution in [3.63, 3.8) is 0 Å². The average Bonchev–Trinajstić information content (AvgIpc) is 2.71. The van der Waals surface area contributed by atoms with Crippen molar-refractivity contribution in [2.45, 2.75) is 20.0 Å². The van der Waals surface area contributed by atoms with Gasteiger partial charge in [-0.1, -0.05) is 60.7 Å². The fourth-order valence-electron chi connectivity index (χ4n) is 2.30. The van der Waals surface area contributed by atoms with Crippen LogP contribution in [0.4, 0.5) is 0 Å². The van der Waals surface area contributed by atoms with Crippen molar-refractivity contribution in [2.75, 3.05) is 6.61 Å². The number of carbonyl (C=O) groups excluding carboxylic acids is 1. The average molecular weight is 363 g/mol. The van der Waals surface area contributed by atoms with E-state index in [0.717, 1.165) is 13.1 Å². The van der Waals surface area contributed by atoms with Crippen molar-refractivity contribution in [3.05, 3.63) is 95.7 Å². The van der Waals surface area contributed by atoms with Gasteiger partial charge >= 0.3 is 0 Å². The quantitative estimate of drug-likeness (QED) is 0.673. The molecule has 3 aromatic rings. The topological polar surface area (TPSA) is 77.2 Å². The van der Waals surface area contributed by atoms with E-state index < -0.39 is 5.91 Å². The molecular formula is C22H25N3O2. The van der Waals surface area contributed by atoms with Crippen molar-refractivity contribution < 1.29 is 9.53 Å². The number of pyridine rings is 1. The number of nitrogens with one attached hydrogen (secondary N) is 1. The molecule has 0 saturated heterocycles. The summed E-state index contributed by atoms with van der Waals surface area (Å²) >= 11 is 0. The van der Waals surface area contributed by atoms with Gasteiger partial charge in [0.2, 0.25) is 11.8 Å². The van der Waals surface area contributed by atoms with Crippen LogP contribution in [0.25, 0.3) is 0 Å². The highest BCUT2D eigenvalue weighted by Crippen LogP contribution is 2.06. The molecule has 0 fully saturated rings. The zero-order valence-corrected chi connectivity index (χ0v) is 15.5. The van der Waals surface area contributed by atoms with Crippen molar-refractivity contribution in [2.24, 2.45) is 5.73 Å². The number of amides is 1. The first-order valence-corrected chi connectivity index (χ1v) is 8.86. The van der Waals surface area contributed by atoms with E-state index in [2.05, 4.69) is 58.8 Å². The first-order chi connectivity index (χ1) is 13.2. The SMILES string of the molecule is CCOc1ccc(C(N)=O)cn1.c1ccc(CNCc2ccccc2)cc1. The number of primary amides is 1. The predicted molar refractivity (Wildman–Crippen MR) is 107 cm³/mol. The zero-order valence-electron chi connectivity index (χ0n) is 15.5. The van der Waals surface area contributed by atoms with Crippen molar-refractivity contribution in [1.29, 1.82) is 0 Å². The van der Waals surface area contributed by atoms with Gasteiger partial charge < -0.3 is 15.8 Å². The molecule has 0 unspecified atom stereocenters. The smallest absolute Gasteiger partial charge is 0.250 e. The lowest BCUT2D eigenvalue weighted by Gasteiger charge is -2.04. The van der Waals surface area contributed by atoms with Crippen LogP contribution >= 0.6 is 0 Å². The molecule has 0 saturated carbocycles. The molecule has 0 radical (unpaired) electrons. The summed E-state index contributed by atoms with van der Waals surface area (Å²) in [6.07, 6.45) is 1.40. The third-order valence-electron chi connectivity index (χ3n) is 3.66. The van der Waals surface area contributed by atoms with Gasteiger partial charge in [0, 0.05) is 25.4 Å². The molecule has 0 aliphatic carbocycles. The van der Waals surface area contributed by atoms with E-state index in [0.29, 0.717) is 18.1 Å². The Morgan fingerprint density at radius 3 is 1.89 bits per heavy atom. The van der Waals surface area contributed by atoms with Crippen molar-refractivity contribution in [3.8, 4) is 5.88 Å². The number of aromatic nitrogens is 1. The normalized spacial score (nSPS) is 9.81. The Balaban J connectivity index is 0.000000199. The lowest BCUT2D eigenvalue weighted by Crippen LogP contribution is -2.12. The number of hydrogen-bond donors (Lipinski definition) is 2. The minimum absolute atomic E-state index is 0.387. The molecule has 0 aliphatic heterocycles. The standard InChI is InChI=1S/C14H15N.C8H10N2O2/c1-3-7-13(8-4-1)11-15-12-14-9-5-2-6-10-14;1-2-12-7-4-3-6(5-10-7)8(9)11/h1-10,15H,11-12H2;3-5H,2H2,1H3,(H2,9,11). The molecule has 1 amide bonds. The number of benzene rings is 2. The summed E-state index contributed by atoms with van der Waals surface area (Å²) in [6.45, 7) is 4.28. The number of carbonyl (C=O) groups is 1. The largest absolute Gasteiger partial charge is 0.478 e. The maximum Gasteiger partial charge on any atom is 0.250 e. The number of ether oxygens (including phenoxy) is 1. The summed E-state index contributed by atoms with van der Waals surface area (Å²) in [4.78, 5) is 14.5. The van der Waals surface area contributed by atoms with E-state index in [9.17, 15) is 4.79 Å². The van der Waals surface area contributed by atoms with Crippen LogP contribution in [0, 0.1) is 0 Å². The molecule has 0 spiro atoms. The van der Waals surface area contributed by atoms with Gasteiger partial charge in [-0.15, -0.1) is 0 Å². The second-order valence-electron chi connectivity index (χ2n) is 5.76. The molecule has 0 atom stereocenters. The number of nitrogens with zero attached hydrogens (tertiary/aromatic N) is 1. The molecule has 0 bridgehead atoms. The molecule has 3 rings (SSSR count). The van der Waals surface area contributed by atoms with Gasteiger partial charge in [-0.2, -0.15) is 0 Å². The van der Waals surface area contributed by atoms with Gasteiger partial charge in [0.15, 0.2) is 0 Å². The van der Waals surface area contributed by atoms with E-state index in [-0.39, 0.29) is 0 Å². The summed E-state index contributed by atoms with van der Waals surface area (Å²) in [5.74, 6) is 0.0213. The third-order valence-corrected chi connectivity index (χ3v) is 3.66. The lowest BCUT2D eigenvalue weighted by atomic mass is 10.2. The molecule has 5 heteroatoms. The highest BCUT2D eigenvalue weighted by molar-refractivity contribution is 5.92. The van der Waals surface area contributed by atoms with E-state index in [4.69, 9.17) is 10.5 Å². The van der Waals surface area contributed by atoms with Crippen molar-refractivity contribution >= 4 is 5.91 Å². The van der Waals surface area contributed by atoms with Gasteiger partial charge in [-0.3, -0.25) is 4.79 Å². The second-order valence-corrected chi connectivity index (χ2v) is 5.76. The van der Waals surface area contributed by atoms with Gasteiger partial charge in [0.1, 0.15) is 0 Å². The van der Waals surface area contributed by atoms with E-state index >= 15 is 0 Å². The van der Waals surface area contributed by atoms with E-state index in [1.54, 1.807) is 12.1 Å². The number of nitrogens with two attached hydrogens (primary N) is 1. The minimum Gasteiger partial charge on any atom is -0.478 e. The Morgan fingerprint density at radius 2 is 1.48 bits per heavy atom. The second kappa shape index (κ2) is 11.4. The van der Waals surface area contributed by atoms with Crippen LogP contribution in [0.5, 0.6) is 5.88 Å². The maximum atomic E-state index is 10.6. The number of hydrogen-bond acceptors (Lipinski definition) is 4. The first-order valence-electron chi connectivity index (χ1n) is 8.86. The third kappa shape index (κ3) is 7.71. The lowest BCUT2D eigenvalue weighted by molar-refractivity contribution is 0.1000. The van der Waals surface area contributed by atoms with Crippen LogP contribution < -0.4 is 15.8 Å². The molecule has 2 aromatic carbocycles. The van der Waals surface area contributed by atoms with Gasteiger partial charge in [-0.25, -0.2) is 4.98 Å².